The normalized spacial score (nSPS) is 15.2. The zero-order chi connectivity index (χ0) is 17.8. The third kappa shape index (κ3) is 4.83. The van der Waals surface area contributed by atoms with Crippen LogP contribution in [-0.2, 0) is 11.2 Å². The molecule has 2 aromatic rings. The number of benzene rings is 2. The number of halogens is 1. The molecule has 4 nitrogen and oxygen atoms in total. The number of rotatable bonds is 4. The summed E-state index contributed by atoms with van der Waals surface area (Å²) in [5.74, 6) is 0.00840. The van der Waals surface area contributed by atoms with Gasteiger partial charge in [-0.1, -0.05) is 28.1 Å². The van der Waals surface area contributed by atoms with Crippen LogP contribution >= 0.6 is 15.9 Å². The highest BCUT2D eigenvalue weighted by Crippen LogP contribution is 2.24. The first-order valence-electron chi connectivity index (χ1n) is 8.60. The first-order chi connectivity index (χ1) is 12.0. The third-order valence-electron chi connectivity index (χ3n) is 4.60. The largest absolute Gasteiger partial charge is 0.369 e. The van der Waals surface area contributed by atoms with Crippen LogP contribution in [0.4, 0.5) is 11.4 Å². The molecule has 2 aromatic carbocycles. The quantitative estimate of drug-likeness (QED) is 0.848. The van der Waals surface area contributed by atoms with E-state index in [1.165, 1.54) is 11.3 Å². The van der Waals surface area contributed by atoms with Crippen molar-refractivity contribution in [3.8, 4) is 0 Å². The first kappa shape index (κ1) is 18.0. The predicted octanol–water partition coefficient (Wildman–Crippen LogP) is 3.69. The van der Waals surface area contributed by atoms with E-state index in [-0.39, 0.29) is 5.91 Å². The van der Waals surface area contributed by atoms with E-state index in [9.17, 15) is 4.79 Å². The highest BCUT2D eigenvalue weighted by atomic mass is 79.9. The van der Waals surface area contributed by atoms with Crippen LogP contribution in [0.3, 0.4) is 0 Å². The smallest absolute Gasteiger partial charge is 0.228 e. The summed E-state index contributed by atoms with van der Waals surface area (Å²) in [5.41, 5.74) is 4.33. The lowest BCUT2D eigenvalue weighted by Gasteiger charge is -2.35. The maximum atomic E-state index is 12.3. The molecule has 132 valence electrons. The molecule has 1 fully saturated rings. The van der Waals surface area contributed by atoms with Crippen LogP contribution in [-0.4, -0.2) is 44.0 Å². The van der Waals surface area contributed by atoms with Crippen LogP contribution in [0.15, 0.2) is 46.9 Å². The lowest BCUT2D eigenvalue weighted by atomic mass is 10.1. The minimum Gasteiger partial charge on any atom is -0.369 e. The zero-order valence-corrected chi connectivity index (χ0v) is 16.3. The molecule has 3 rings (SSSR count). The van der Waals surface area contributed by atoms with E-state index in [0.717, 1.165) is 41.9 Å². The van der Waals surface area contributed by atoms with Gasteiger partial charge in [0.25, 0.3) is 0 Å². The SMILES string of the molecule is Cc1cc(NC(=O)Cc2ccc(Br)cc2)ccc1N1CCN(C)CC1. The van der Waals surface area contributed by atoms with Crippen molar-refractivity contribution in [2.75, 3.05) is 43.4 Å². The maximum Gasteiger partial charge on any atom is 0.228 e. The second-order valence-corrected chi connectivity index (χ2v) is 7.56. The molecule has 0 aliphatic carbocycles. The second kappa shape index (κ2) is 8.02. The number of likely N-dealkylation sites (N-methyl/N-ethyl adjacent to an activating group) is 1. The fourth-order valence-electron chi connectivity index (χ4n) is 3.13. The van der Waals surface area contributed by atoms with Crippen molar-refractivity contribution in [3.05, 3.63) is 58.1 Å². The summed E-state index contributed by atoms with van der Waals surface area (Å²) in [6, 6.07) is 14.0. The van der Waals surface area contributed by atoms with E-state index in [1.54, 1.807) is 0 Å². The molecule has 1 aliphatic rings. The molecular formula is C20H24BrN3O. The summed E-state index contributed by atoms with van der Waals surface area (Å²) in [4.78, 5) is 17.0. The molecule has 0 radical (unpaired) electrons. The Balaban J connectivity index is 1.62. The number of aryl methyl sites for hydroxylation is 1. The van der Waals surface area contributed by atoms with Crippen molar-refractivity contribution < 1.29 is 4.79 Å². The minimum atomic E-state index is 0.00840. The summed E-state index contributed by atoms with van der Waals surface area (Å²) in [6.07, 6.45) is 0.381. The summed E-state index contributed by atoms with van der Waals surface area (Å²) in [6.45, 7) is 6.38. The summed E-state index contributed by atoms with van der Waals surface area (Å²) in [5, 5.41) is 3.01. The van der Waals surface area contributed by atoms with Crippen LogP contribution in [0.25, 0.3) is 0 Å². The van der Waals surface area contributed by atoms with Gasteiger partial charge in [-0.05, 0) is 55.4 Å². The molecule has 1 N–H and O–H groups in total. The van der Waals surface area contributed by atoms with Crippen molar-refractivity contribution in [3.63, 3.8) is 0 Å². The number of carbonyl (C=O) groups excluding carboxylic acids is 1. The average Bonchev–Trinajstić information content (AvgIpc) is 2.58. The van der Waals surface area contributed by atoms with Gasteiger partial charge in [0.15, 0.2) is 0 Å². The van der Waals surface area contributed by atoms with Gasteiger partial charge in [0, 0.05) is 42.0 Å². The Morgan fingerprint density at radius 1 is 1.08 bits per heavy atom. The van der Waals surface area contributed by atoms with Gasteiger partial charge in [0.1, 0.15) is 0 Å². The van der Waals surface area contributed by atoms with E-state index in [4.69, 9.17) is 0 Å². The van der Waals surface area contributed by atoms with Crippen LogP contribution in [0, 0.1) is 6.92 Å². The fraction of sp³-hybridized carbons (Fsp3) is 0.350. The van der Waals surface area contributed by atoms with E-state index in [0.29, 0.717) is 6.42 Å². The lowest BCUT2D eigenvalue weighted by molar-refractivity contribution is -0.115. The van der Waals surface area contributed by atoms with Crippen molar-refractivity contribution in [1.29, 1.82) is 0 Å². The van der Waals surface area contributed by atoms with Crippen molar-refractivity contribution in [1.82, 2.24) is 4.90 Å². The summed E-state index contributed by atoms with van der Waals surface area (Å²) >= 11 is 3.41. The van der Waals surface area contributed by atoms with Gasteiger partial charge in [0.2, 0.25) is 5.91 Å². The molecule has 0 spiro atoms. The molecular weight excluding hydrogens is 378 g/mol. The monoisotopic (exact) mass is 401 g/mol. The molecule has 0 saturated carbocycles. The van der Waals surface area contributed by atoms with E-state index in [2.05, 4.69) is 57.2 Å². The topological polar surface area (TPSA) is 35.6 Å². The molecule has 1 heterocycles. The molecule has 0 aromatic heterocycles. The van der Waals surface area contributed by atoms with Crippen molar-refractivity contribution >= 4 is 33.2 Å². The Kier molecular flexibility index (Phi) is 5.76. The molecule has 1 amide bonds. The number of nitrogens with one attached hydrogen (secondary N) is 1. The number of piperazine rings is 1. The van der Waals surface area contributed by atoms with Gasteiger partial charge in [-0.15, -0.1) is 0 Å². The highest BCUT2D eigenvalue weighted by molar-refractivity contribution is 9.10. The van der Waals surface area contributed by atoms with Crippen molar-refractivity contribution in [2.24, 2.45) is 0 Å². The van der Waals surface area contributed by atoms with E-state index >= 15 is 0 Å². The first-order valence-corrected chi connectivity index (χ1v) is 9.39. The number of nitrogens with zero attached hydrogens (tertiary/aromatic N) is 2. The summed E-state index contributed by atoms with van der Waals surface area (Å²) in [7, 11) is 2.16. The van der Waals surface area contributed by atoms with Gasteiger partial charge >= 0.3 is 0 Å². The van der Waals surface area contributed by atoms with Gasteiger partial charge in [-0.25, -0.2) is 0 Å². The number of amides is 1. The number of carbonyl (C=O) groups is 1. The van der Waals surface area contributed by atoms with Gasteiger partial charge < -0.3 is 15.1 Å². The summed E-state index contributed by atoms with van der Waals surface area (Å²) < 4.78 is 1.02. The van der Waals surface area contributed by atoms with Crippen LogP contribution in [0.1, 0.15) is 11.1 Å². The fourth-order valence-corrected chi connectivity index (χ4v) is 3.39. The Labute approximate surface area is 158 Å². The average molecular weight is 402 g/mol. The lowest BCUT2D eigenvalue weighted by Crippen LogP contribution is -2.44. The highest BCUT2D eigenvalue weighted by Gasteiger charge is 2.16. The second-order valence-electron chi connectivity index (χ2n) is 6.64. The van der Waals surface area contributed by atoms with Crippen LogP contribution in [0.2, 0.25) is 0 Å². The minimum absolute atomic E-state index is 0.00840. The Morgan fingerprint density at radius 3 is 2.40 bits per heavy atom. The molecule has 0 atom stereocenters. The van der Waals surface area contributed by atoms with Gasteiger partial charge in [-0.3, -0.25) is 4.79 Å². The van der Waals surface area contributed by atoms with Crippen LogP contribution < -0.4 is 10.2 Å². The van der Waals surface area contributed by atoms with Crippen molar-refractivity contribution in [2.45, 2.75) is 13.3 Å². The Bertz CT molecular complexity index is 737. The standard InChI is InChI=1S/C20H24BrN3O/c1-15-13-18(7-8-19(15)24-11-9-23(2)10-12-24)22-20(25)14-16-3-5-17(21)6-4-16/h3-8,13H,9-12,14H2,1-2H3,(H,22,25). The van der Waals surface area contributed by atoms with E-state index in [1.807, 2.05) is 30.3 Å². The molecule has 25 heavy (non-hydrogen) atoms. The number of anilines is 2. The van der Waals surface area contributed by atoms with E-state index < -0.39 is 0 Å². The third-order valence-corrected chi connectivity index (χ3v) is 5.13. The predicted molar refractivity (Wildman–Crippen MR) is 107 cm³/mol. The molecule has 1 aliphatic heterocycles. The zero-order valence-electron chi connectivity index (χ0n) is 14.8. The number of hydrogen-bond donors (Lipinski definition) is 1. The molecule has 1 saturated heterocycles. The molecule has 5 heteroatoms. The Morgan fingerprint density at radius 2 is 1.76 bits per heavy atom. The molecule has 0 bridgehead atoms. The Hall–Kier alpha value is -1.85. The van der Waals surface area contributed by atoms with Crippen LogP contribution in [0.5, 0.6) is 0 Å². The van der Waals surface area contributed by atoms with Gasteiger partial charge in [0.05, 0.1) is 6.42 Å². The van der Waals surface area contributed by atoms with Gasteiger partial charge in [-0.2, -0.15) is 0 Å². The maximum absolute atomic E-state index is 12.3. The molecule has 0 unspecified atom stereocenters. The number of hydrogen-bond acceptors (Lipinski definition) is 3.